The average Bonchev–Trinajstić information content (AvgIpc) is 3.19. The van der Waals surface area contributed by atoms with Gasteiger partial charge in [0, 0.05) is 29.2 Å². The number of hydrogen-bond acceptors (Lipinski definition) is 6. The fraction of sp³-hybridized carbons (Fsp3) is 0.269. The number of carbonyl (C=O) groups excluding carboxylic acids is 2. The van der Waals surface area contributed by atoms with Crippen LogP contribution in [0.15, 0.2) is 52.0 Å². The molecule has 0 spiro atoms. The van der Waals surface area contributed by atoms with Crippen molar-refractivity contribution in [2.24, 2.45) is 5.10 Å². The Bertz CT molecular complexity index is 1280. The monoisotopic (exact) mass is 461 g/mol. The van der Waals surface area contributed by atoms with Gasteiger partial charge in [-0.25, -0.2) is 5.43 Å². The Labute approximate surface area is 197 Å². The second kappa shape index (κ2) is 9.82. The highest BCUT2D eigenvalue weighted by Gasteiger charge is 2.28. The Morgan fingerprint density at radius 3 is 2.56 bits per heavy atom. The third-order valence-electron chi connectivity index (χ3n) is 5.76. The van der Waals surface area contributed by atoms with Crippen LogP contribution in [-0.2, 0) is 6.42 Å². The van der Waals surface area contributed by atoms with E-state index >= 15 is 0 Å². The molecule has 0 radical (unpaired) electrons. The fourth-order valence-electron chi connectivity index (χ4n) is 4.05. The topological polar surface area (TPSA) is 102 Å². The van der Waals surface area contributed by atoms with Crippen molar-refractivity contribution in [2.75, 3.05) is 19.5 Å². The molecule has 2 aromatic carbocycles. The summed E-state index contributed by atoms with van der Waals surface area (Å²) in [7, 11) is 3.08. The molecule has 1 aliphatic carbocycles. The van der Waals surface area contributed by atoms with E-state index in [1.54, 1.807) is 37.4 Å². The van der Waals surface area contributed by atoms with Crippen molar-refractivity contribution >= 4 is 23.2 Å². The predicted octanol–water partition coefficient (Wildman–Crippen LogP) is 4.64. The van der Waals surface area contributed by atoms with E-state index in [2.05, 4.69) is 15.8 Å². The molecule has 1 aliphatic rings. The van der Waals surface area contributed by atoms with Gasteiger partial charge in [-0.15, -0.1) is 0 Å². The van der Waals surface area contributed by atoms with Gasteiger partial charge in [-0.3, -0.25) is 9.59 Å². The minimum absolute atomic E-state index is 0.211. The predicted molar refractivity (Wildman–Crippen MR) is 129 cm³/mol. The molecule has 8 nitrogen and oxygen atoms in total. The lowest BCUT2D eigenvalue weighted by atomic mass is 9.93. The third-order valence-corrected chi connectivity index (χ3v) is 5.76. The number of aryl methyl sites for hydroxylation is 2. The normalized spacial score (nSPS) is 13.8. The minimum atomic E-state index is -0.390. The number of ether oxygens (including phenoxy) is 2. The molecule has 4 rings (SSSR count). The van der Waals surface area contributed by atoms with Crippen molar-refractivity contribution in [3.63, 3.8) is 0 Å². The summed E-state index contributed by atoms with van der Waals surface area (Å²) in [5.74, 6) is 1.32. The Hall–Kier alpha value is -4.07. The number of furan rings is 1. The Morgan fingerprint density at radius 2 is 1.82 bits per heavy atom. The zero-order valence-electron chi connectivity index (χ0n) is 19.7. The Balaban J connectivity index is 1.57. The molecule has 0 unspecified atom stereocenters. The second-order valence-electron chi connectivity index (χ2n) is 8.10. The molecule has 2 amide bonds. The van der Waals surface area contributed by atoms with Gasteiger partial charge in [-0.05, 0) is 51.0 Å². The molecule has 1 aromatic heterocycles. The number of anilines is 1. The zero-order chi connectivity index (χ0) is 24.2. The number of nitrogens with zero attached hydrogens (tertiary/aromatic N) is 1. The Kier molecular flexibility index (Phi) is 6.67. The molecule has 8 heteroatoms. The quantitative estimate of drug-likeness (QED) is 0.521. The van der Waals surface area contributed by atoms with Crippen LogP contribution in [0, 0.1) is 13.8 Å². The summed E-state index contributed by atoms with van der Waals surface area (Å²) in [5.41, 5.74) is 6.85. The van der Waals surface area contributed by atoms with Crippen LogP contribution in [0.5, 0.6) is 11.5 Å². The first-order chi connectivity index (χ1) is 16.4. The van der Waals surface area contributed by atoms with Crippen molar-refractivity contribution in [3.05, 3.63) is 76.2 Å². The molecule has 0 fully saturated rings. The first-order valence-corrected chi connectivity index (χ1v) is 11.0. The maximum Gasteiger partial charge on any atom is 0.291 e. The molecule has 0 saturated heterocycles. The van der Waals surface area contributed by atoms with E-state index in [4.69, 9.17) is 13.9 Å². The van der Waals surface area contributed by atoms with Gasteiger partial charge in [0.1, 0.15) is 17.3 Å². The number of hydrogen-bond donors (Lipinski definition) is 2. The molecule has 0 aliphatic heterocycles. The van der Waals surface area contributed by atoms with Crippen molar-refractivity contribution in [1.29, 1.82) is 0 Å². The van der Waals surface area contributed by atoms with Crippen LogP contribution in [0.4, 0.5) is 5.69 Å². The van der Waals surface area contributed by atoms with E-state index in [0.29, 0.717) is 52.6 Å². The summed E-state index contributed by atoms with van der Waals surface area (Å²) in [5, 5.41) is 7.23. The van der Waals surface area contributed by atoms with E-state index in [9.17, 15) is 9.59 Å². The van der Waals surface area contributed by atoms with Gasteiger partial charge in [0.2, 0.25) is 0 Å². The molecular weight excluding hydrogens is 434 g/mol. The zero-order valence-corrected chi connectivity index (χ0v) is 19.7. The van der Waals surface area contributed by atoms with Crippen LogP contribution >= 0.6 is 0 Å². The number of rotatable bonds is 6. The maximum absolute atomic E-state index is 13.1. The van der Waals surface area contributed by atoms with Gasteiger partial charge >= 0.3 is 0 Å². The molecule has 34 heavy (non-hydrogen) atoms. The number of nitrogens with one attached hydrogen (secondary N) is 2. The van der Waals surface area contributed by atoms with E-state index in [0.717, 1.165) is 17.5 Å². The lowest BCUT2D eigenvalue weighted by Gasteiger charge is -2.13. The molecule has 176 valence electrons. The maximum atomic E-state index is 13.1. The Morgan fingerprint density at radius 1 is 1.00 bits per heavy atom. The number of fused-ring (bicyclic) bond motifs is 1. The molecule has 0 atom stereocenters. The first kappa shape index (κ1) is 23.1. The van der Waals surface area contributed by atoms with Crippen LogP contribution in [0.25, 0.3) is 0 Å². The van der Waals surface area contributed by atoms with E-state index in [1.807, 2.05) is 26.0 Å². The SMILES string of the molecule is COc1ccc(NC(=O)c2oc3c(c2C)/C(=N/NC(=O)c2cccc(C)c2)CCC3)c(OC)c1. The number of benzene rings is 2. The van der Waals surface area contributed by atoms with Crippen LogP contribution in [0.3, 0.4) is 0 Å². The highest BCUT2D eigenvalue weighted by Crippen LogP contribution is 2.32. The summed E-state index contributed by atoms with van der Waals surface area (Å²) in [4.78, 5) is 25.6. The number of methoxy groups -OCH3 is 2. The molecular formula is C26H27N3O5. The largest absolute Gasteiger partial charge is 0.497 e. The summed E-state index contributed by atoms with van der Waals surface area (Å²) in [6.07, 6.45) is 2.18. The molecule has 2 N–H and O–H groups in total. The van der Waals surface area contributed by atoms with Gasteiger partial charge < -0.3 is 19.2 Å². The number of amides is 2. The van der Waals surface area contributed by atoms with Crippen molar-refractivity contribution < 1.29 is 23.5 Å². The van der Waals surface area contributed by atoms with Crippen molar-refractivity contribution in [3.8, 4) is 11.5 Å². The standard InChI is InChI=1S/C26H27N3O5/c1-15-7-5-8-17(13-15)25(30)29-28-20-9-6-10-21-23(20)16(2)24(34-21)26(31)27-19-12-11-18(32-3)14-22(19)33-4/h5,7-8,11-14H,6,9-10H2,1-4H3,(H,27,31)(H,29,30)/b28-20+. The highest BCUT2D eigenvalue weighted by atomic mass is 16.5. The summed E-state index contributed by atoms with van der Waals surface area (Å²) >= 11 is 0. The van der Waals surface area contributed by atoms with Gasteiger partial charge in [-0.2, -0.15) is 5.10 Å². The van der Waals surface area contributed by atoms with E-state index in [-0.39, 0.29) is 11.7 Å². The third kappa shape index (κ3) is 4.66. The minimum Gasteiger partial charge on any atom is -0.497 e. The number of hydrazone groups is 1. The second-order valence-corrected chi connectivity index (χ2v) is 8.10. The molecule has 1 heterocycles. The van der Waals surface area contributed by atoms with Crippen LogP contribution in [0.2, 0.25) is 0 Å². The van der Waals surface area contributed by atoms with Gasteiger partial charge in [0.25, 0.3) is 11.8 Å². The summed E-state index contributed by atoms with van der Waals surface area (Å²) < 4.78 is 16.5. The van der Waals surface area contributed by atoms with Gasteiger partial charge in [0.15, 0.2) is 5.76 Å². The summed E-state index contributed by atoms with van der Waals surface area (Å²) in [6.45, 7) is 3.75. The lowest BCUT2D eigenvalue weighted by molar-refractivity contribution is 0.0953. The highest BCUT2D eigenvalue weighted by molar-refractivity contribution is 6.10. The van der Waals surface area contributed by atoms with E-state index < -0.39 is 5.91 Å². The average molecular weight is 462 g/mol. The van der Waals surface area contributed by atoms with Crippen molar-refractivity contribution in [1.82, 2.24) is 5.43 Å². The smallest absolute Gasteiger partial charge is 0.291 e. The van der Waals surface area contributed by atoms with Crippen molar-refractivity contribution in [2.45, 2.75) is 33.1 Å². The van der Waals surface area contributed by atoms with Gasteiger partial charge in [-0.1, -0.05) is 17.7 Å². The van der Waals surface area contributed by atoms with Gasteiger partial charge in [0.05, 0.1) is 25.6 Å². The van der Waals surface area contributed by atoms with Crippen LogP contribution in [0.1, 0.15) is 56.2 Å². The summed E-state index contributed by atoms with van der Waals surface area (Å²) in [6, 6.07) is 12.4. The number of carbonyl (C=O) groups is 2. The van der Waals surface area contributed by atoms with Crippen LogP contribution in [-0.4, -0.2) is 31.7 Å². The molecule has 3 aromatic rings. The fourth-order valence-corrected chi connectivity index (χ4v) is 4.05. The van der Waals surface area contributed by atoms with E-state index in [1.165, 1.54) is 7.11 Å². The molecule has 0 saturated carbocycles. The first-order valence-electron chi connectivity index (χ1n) is 11.0. The van der Waals surface area contributed by atoms with Crippen LogP contribution < -0.4 is 20.2 Å². The molecule has 0 bridgehead atoms. The lowest BCUT2D eigenvalue weighted by Crippen LogP contribution is -2.22.